The molecule has 118 valence electrons. The van der Waals surface area contributed by atoms with Gasteiger partial charge in [0.25, 0.3) is 0 Å². The molecule has 1 fully saturated rings. The molecular weight excluding hydrogens is 260 g/mol. The van der Waals surface area contributed by atoms with Gasteiger partial charge in [0.05, 0.1) is 12.1 Å². The van der Waals surface area contributed by atoms with E-state index < -0.39 is 0 Å². The molecule has 0 spiro atoms. The summed E-state index contributed by atoms with van der Waals surface area (Å²) in [4.78, 5) is 2.57. The first-order valence-corrected chi connectivity index (χ1v) is 8.22. The zero-order chi connectivity index (χ0) is 15.1. The van der Waals surface area contributed by atoms with Crippen LogP contribution in [0.15, 0.2) is 30.3 Å². The molecule has 2 rings (SSSR count). The molecule has 21 heavy (non-hydrogen) atoms. The van der Waals surface area contributed by atoms with E-state index in [-0.39, 0.29) is 5.54 Å². The van der Waals surface area contributed by atoms with Crippen molar-refractivity contribution in [3.63, 3.8) is 0 Å². The summed E-state index contributed by atoms with van der Waals surface area (Å²) in [5.74, 6) is 0.804. The van der Waals surface area contributed by atoms with Gasteiger partial charge in [-0.2, -0.15) is 0 Å². The van der Waals surface area contributed by atoms with Crippen LogP contribution >= 0.6 is 0 Å². The number of hydrogen-bond acceptors (Lipinski definition) is 3. The number of benzene rings is 1. The molecule has 0 aromatic heterocycles. The lowest BCUT2D eigenvalue weighted by Crippen LogP contribution is -2.58. The highest BCUT2D eigenvalue weighted by Gasteiger charge is 2.36. The number of likely N-dealkylation sites (tertiary alicyclic amines) is 1. The van der Waals surface area contributed by atoms with Crippen LogP contribution in [0.5, 0.6) is 0 Å². The van der Waals surface area contributed by atoms with Crippen LogP contribution in [0.1, 0.15) is 31.7 Å². The van der Waals surface area contributed by atoms with Crippen LogP contribution in [0, 0.1) is 5.92 Å². The van der Waals surface area contributed by atoms with Crippen molar-refractivity contribution < 1.29 is 4.74 Å². The second-order valence-electron chi connectivity index (χ2n) is 6.34. The second kappa shape index (κ2) is 7.92. The molecule has 0 amide bonds. The molecule has 1 saturated heterocycles. The zero-order valence-corrected chi connectivity index (χ0v) is 13.6. The third-order valence-electron chi connectivity index (χ3n) is 5.10. The lowest BCUT2D eigenvalue weighted by atomic mass is 9.86. The van der Waals surface area contributed by atoms with Crippen LogP contribution in [0.4, 0.5) is 0 Å². The Bertz CT molecular complexity index is 395. The average molecular weight is 290 g/mol. The predicted molar refractivity (Wildman–Crippen MR) is 88.4 cm³/mol. The largest absolute Gasteiger partial charge is 0.383 e. The number of ether oxygens (including phenoxy) is 1. The van der Waals surface area contributed by atoms with E-state index in [2.05, 4.69) is 42.2 Å². The van der Waals surface area contributed by atoms with Crippen LogP contribution < -0.4 is 5.73 Å². The maximum Gasteiger partial charge on any atom is 0.0658 e. The first-order chi connectivity index (χ1) is 10.2. The fourth-order valence-electron chi connectivity index (χ4n) is 3.58. The molecule has 1 aliphatic rings. The van der Waals surface area contributed by atoms with E-state index in [1.165, 1.54) is 24.8 Å². The Labute approximate surface area is 129 Å². The summed E-state index contributed by atoms with van der Waals surface area (Å²) in [6, 6.07) is 10.9. The van der Waals surface area contributed by atoms with Gasteiger partial charge in [-0.05, 0) is 50.3 Å². The molecule has 1 unspecified atom stereocenters. The Balaban J connectivity index is 1.90. The fourth-order valence-corrected chi connectivity index (χ4v) is 3.58. The van der Waals surface area contributed by atoms with Crippen LogP contribution in [0.3, 0.4) is 0 Å². The zero-order valence-electron chi connectivity index (χ0n) is 13.6. The van der Waals surface area contributed by atoms with Crippen molar-refractivity contribution in [1.29, 1.82) is 0 Å². The van der Waals surface area contributed by atoms with Gasteiger partial charge in [0.1, 0.15) is 0 Å². The molecule has 0 bridgehead atoms. The first-order valence-electron chi connectivity index (χ1n) is 8.22. The van der Waals surface area contributed by atoms with E-state index in [4.69, 9.17) is 10.5 Å². The Kier molecular flexibility index (Phi) is 6.22. The van der Waals surface area contributed by atoms with E-state index in [0.717, 1.165) is 32.0 Å². The van der Waals surface area contributed by atoms with Gasteiger partial charge >= 0.3 is 0 Å². The average Bonchev–Trinajstić information content (AvgIpc) is 2.55. The van der Waals surface area contributed by atoms with Crippen LogP contribution in [-0.4, -0.2) is 43.8 Å². The van der Waals surface area contributed by atoms with E-state index >= 15 is 0 Å². The fraction of sp³-hybridized carbons (Fsp3) is 0.667. The summed E-state index contributed by atoms with van der Waals surface area (Å²) < 4.78 is 5.44. The predicted octanol–water partition coefficient (Wildman–Crippen LogP) is 2.70. The normalized spacial score (nSPS) is 20.3. The highest BCUT2D eigenvalue weighted by Crippen LogP contribution is 2.28. The number of hydrogen-bond donors (Lipinski definition) is 1. The minimum absolute atomic E-state index is 0.0342. The van der Waals surface area contributed by atoms with Crippen LogP contribution in [-0.2, 0) is 11.2 Å². The molecule has 1 aromatic rings. The van der Waals surface area contributed by atoms with Crippen LogP contribution in [0.25, 0.3) is 0 Å². The minimum atomic E-state index is 0.0342. The van der Waals surface area contributed by atoms with Crippen molar-refractivity contribution in [1.82, 2.24) is 4.90 Å². The van der Waals surface area contributed by atoms with Gasteiger partial charge in [-0.3, -0.25) is 4.90 Å². The Hall–Kier alpha value is -0.900. The van der Waals surface area contributed by atoms with E-state index in [9.17, 15) is 0 Å². The molecule has 1 atom stereocenters. The Morgan fingerprint density at radius 1 is 1.24 bits per heavy atom. The van der Waals surface area contributed by atoms with Crippen molar-refractivity contribution in [2.75, 3.05) is 33.4 Å². The molecule has 0 aliphatic carbocycles. The van der Waals surface area contributed by atoms with Crippen LogP contribution in [0.2, 0.25) is 0 Å². The quantitative estimate of drug-likeness (QED) is 0.839. The van der Waals surface area contributed by atoms with Gasteiger partial charge in [-0.1, -0.05) is 37.3 Å². The monoisotopic (exact) mass is 290 g/mol. The van der Waals surface area contributed by atoms with Crippen molar-refractivity contribution in [3.05, 3.63) is 35.9 Å². The summed E-state index contributed by atoms with van der Waals surface area (Å²) >= 11 is 0. The molecule has 0 saturated carbocycles. The molecule has 1 heterocycles. The number of rotatable bonds is 7. The smallest absolute Gasteiger partial charge is 0.0658 e. The highest BCUT2D eigenvalue weighted by molar-refractivity contribution is 5.15. The summed E-state index contributed by atoms with van der Waals surface area (Å²) in [6.07, 6.45) is 4.79. The molecule has 3 nitrogen and oxygen atoms in total. The molecule has 1 aliphatic heterocycles. The van der Waals surface area contributed by atoms with Gasteiger partial charge < -0.3 is 10.5 Å². The van der Waals surface area contributed by atoms with E-state index in [1.807, 2.05) is 0 Å². The van der Waals surface area contributed by atoms with Gasteiger partial charge in [0.15, 0.2) is 0 Å². The van der Waals surface area contributed by atoms with Crippen molar-refractivity contribution in [2.24, 2.45) is 11.7 Å². The number of nitrogens with zero attached hydrogens (tertiary/aromatic N) is 1. The van der Waals surface area contributed by atoms with Gasteiger partial charge in [0.2, 0.25) is 0 Å². The molecular formula is C18H30N2O. The molecule has 0 radical (unpaired) electrons. The summed E-state index contributed by atoms with van der Waals surface area (Å²) in [5.41, 5.74) is 7.57. The standard InChI is InChI=1S/C18H30N2O/c1-3-18(14-19,15-21-2)20-11-9-17(10-12-20)13-16-7-5-4-6-8-16/h4-8,17H,3,9-15,19H2,1-2H3. The SMILES string of the molecule is CCC(CN)(COC)N1CCC(Cc2ccccc2)CC1. The lowest BCUT2D eigenvalue weighted by Gasteiger charge is -2.46. The topological polar surface area (TPSA) is 38.5 Å². The number of nitrogens with two attached hydrogens (primary N) is 1. The number of piperidine rings is 1. The van der Waals surface area contributed by atoms with Crippen molar-refractivity contribution in [3.8, 4) is 0 Å². The number of methoxy groups -OCH3 is 1. The first kappa shape index (κ1) is 16.5. The molecule has 1 aromatic carbocycles. The molecule has 2 N–H and O–H groups in total. The Morgan fingerprint density at radius 3 is 2.43 bits per heavy atom. The minimum Gasteiger partial charge on any atom is -0.383 e. The lowest BCUT2D eigenvalue weighted by molar-refractivity contribution is -0.00755. The molecule has 3 heteroatoms. The Morgan fingerprint density at radius 2 is 1.90 bits per heavy atom. The van der Waals surface area contributed by atoms with Gasteiger partial charge in [-0.15, -0.1) is 0 Å². The van der Waals surface area contributed by atoms with Crippen molar-refractivity contribution >= 4 is 0 Å². The highest BCUT2D eigenvalue weighted by atomic mass is 16.5. The van der Waals surface area contributed by atoms with Gasteiger partial charge in [0, 0.05) is 13.7 Å². The van der Waals surface area contributed by atoms with Crippen molar-refractivity contribution in [2.45, 2.75) is 38.1 Å². The maximum absolute atomic E-state index is 6.07. The third kappa shape index (κ3) is 4.06. The maximum atomic E-state index is 6.07. The third-order valence-corrected chi connectivity index (χ3v) is 5.10. The second-order valence-corrected chi connectivity index (χ2v) is 6.34. The summed E-state index contributed by atoms with van der Waals surface area (Å²) in [6.45, 7) is 5.93. The van der Waals surface area contributed by atoms with Gasteiger partial charge in [-0.25, -0.2) is 0 Å². The van der Waals surface area contributed by atoms with E-state index in [1.54, 1.807) is 7.11 Å². The summed E-state index contributed by atoms with van der Waals surface area (Å²) in [7, 11) is 1.78. The summed E-state index contributed by atoms with van der Waals surface area (Å²) in [5, 5.41) is 0. The van der Waals surface area contributed by atoms with E-state index in [0.29, 0.717) is 6.54 Å².